The summed E-state index contributed by atoms with van der Waals surface area (Å²) in [5, 5.41) is 2.74. The maximum absolute atomic E-state index is 5.75. The molecule has 0 aliphatic carbocycles. The number of hydrogen-bond donors (Lipinski definition) is 0. The van der Waals surface area contributed by atoms with Crippen LogP contribution in [-0.2, 0) is 8.85 Å². The molecule has 0 aromatic heterocycles. The fourth-order valence-corrected chi connectivity index (χ4v) is 3.88. The van der Waals surface area contributed by atoms with Gasteiger partial charge in [-0.2, -0.15) is 0 Å². The second kappa shape index (κ2) is 9.94. The van der Waals surface area contributed by atoms with Gasteiger partial charge in [-0.3, -0.25) is 0 Å². The van der Waals surface area contributed by atoms with Gasteiger partial charge in [-0.25, -0.2) is 0 Å². The summed E-state index contributed by atoms with van der Waals surface area (Å²) in [6.45, 7) is 12.6. The summed E-state index contributed by atoms with van der Waals surface area (Å²) in [6.07, 6.45) is 0. The Morgan fingerprint density at radius 2 is 0.833 bits per heavy atom. The molecule has 0 spiro atoms. The Balaban J connectivity index is 0.000000240. The molecule has 2 aromatic rings. The van der Waals surface area contributed by atoms with Crippen molar-refractivity contribution in [2.75, 3.05) is 0 Å². The third kappa shape index (κ3) is 11.3. The summed E-state index contributed by atoms with van der Waals surface area (Å²) in [7, 11) is -1.03. The quantitative estimate of drug-likeness (QED) is 0.780. The Bertz CT molecular complexity index is 504. The van der Waals surface area contributed by atoms with E-state index in [0.29, 0.717) is 0 Å². The average molecular weight is 361 g/mol. The van der Waals surface area contributed by atoms with Crippen LogP contribution >= 0.6 is 0 Å². The molecular formula is C20H32O2Si2. The highest BCUT2D eigenvalue weighted by Gasteiger charge is 2.09. The Hall–Kier alpha value is -1.21. The molecule has 4 heteroatoms. The lowest BCUT2D eigenvalue weighted by molar-refractivity contribution is 0.141. The zero-order chi connectivity index (χ0) is 18.1. The zero-order valence-electron chi connectivity index (χ0n) is 16.0. The van der Waals surface area contributed by atoms with Gasteiger partial charge in [0.2, 0.25) is 0 Å². The van der Waals surface area contributed by atoms with E-state index >= 15 is 0 Å². The van der Waals surface area contributed by atoms with Crippen LogP contribution in [0.4, 0.5) is 0 Å². The first-order chi connectivity index (χ1) is 11.2. The largest absolute Gasteiger partial charge is 0.414 e. The van der Waals surface area contributed by atoms with Crippen LogP contribution in [0, 0.1) is 0 Å². The first kappa shape index (κ1) is 20.8. The van der Waals surface area contributed by atoms with Gasteiger partial charge < -0.3 is 8.85 Å². The molecule has 0 unspecified atom stereocenters. The van der Waals surface area contributed by atoms with Crippen molar-refractivity contribution in [3.8, 4) is 0 Å². The molecule has 0 aliphatic rings. The van der Waals surface area contributed by atoms with Crippen molar-refractivity contribution in [1.82, 2.24) is 0 Å². The van der Waals surface area contributed by atoms with Crippen molar-refractivity contribution in [3.63, 3.8) is 0 Å². The van der Waals surface area contributed by atoms with Gasteiger partial charge >= 0.3 is 0 Å². The van der Waals surface area contributed by atoms with Gasteiger partial charge in [-0.15, -0.1) is 0 Å². The average Bonchev–Trinajstić information content (AvgIpc) is 2.52. The van der Waals surface area contributed by atoms with E-state index in [1.165, 1.54) is 10.4 Å². The maximum Gasteiger partial charge on any atom is 0.192 e. The lowest BCUT2D eigenvalue weighted by Crippen LogP contribution is -2.28. The highest BCUT2D eigenvalue weighted by molar-refractivity contribution is 6.47. The molecule has 0 aliphatic heterocycles. The molecule has 0 amide bonds. The van der Waals surface area contributed by atoms with E-state index in [1.54, 1.807) is 0 Å². The maximum atomic E-state index is 5.75. The third-order valence-electron chi connectivity index (χ3n) is 3.03. The highest BCUT2D eigenvalue weighted by atomic mass is 28.2. The molecule has 2 nitrogen and oxygen atoms in total. The van der Waals surface area contributed by atoms with Crippen LogP contribution in [0.1, 0.15) is 41.5 Å². The SMILES string of the molecule is CC(C)(C)O[SiH2]c1ccccc1.CC(C)(C)O[SiH2]c1ccccc1. The van der Waals surface area contributed by atoms with Gasteiger partial charge in [0.1, 0.15) is 0 Å². The lowest BCUT2D eigenvalue weighted by Gasteiger charge is -2.19. The molecule has 2 rings (SSSR count). The number of benzene rings is 2. The topological polar surface area (TPSA) is 18.5 Å². The van der Waals surface area contributed by atoms with Crippen LogP contribution in [0.5, 0.6) is 0 Å². The van der Waals surface area contributed by atoms with E-state index in [1.807, 2.05) is 12.1 Å². The van der Waals surface area contributed by atoms with Crippen molar-refractivity contribution >= 4 is 29.9 Å². The molecule has 132 valence electrons. The molecule has 0 N–H and O–H groups in total. The number of hydrogen-bond acceptors (Lipinski definition) is 2. The molecule has 0 fully saturated rings. The standard InChI is InChI=1S/2C10H16OSi/c2*1-10(2,3)11-12-9-7-5-4-6-8-9/h2*4-8H,12H2,1-3H3. The first-order valence-electron chi connectivity index (χ1n) is 8.51. The van der Waals surface area contributed by atoms with Gasteiger partial charge in [0.15, 0.2) is 19.5 Å². The smallest absolute Gasteiger partial charge is 0.192 e. The Morgan fingerprint density at radius 3 is 1.08 bits per heavy atom. The molecule has 24 heavy (non-hydrogen) atoms. The lowest BCUT2D eigenvalue weighted by atomic mass is 10.2. The van der Waals surface area contributed by atoms with Crippen LogP contribution in [0.3, 0.4) is 0 Å². The van der Waals surface area contributed by atoms with Crippen molar-refractivity contribution in [2.24, 2.45) is 0 Å². The van der Waals surface area contributed by atoms with Crippen molar-refractivity contribution in [3.05, 3.63) is 60.7 Å². The van der Waals surface area contributed by atoms with E-state index in [2.05, 4.69) is 90.1 Å². The van der Waals surface area contributed by atoms with E-state index < -0.39 is 19.5 Å². The van der Waals surface area contributed by atoms with Crippen LogP contribution in [0.15, 0.2) is 60.7 Å². The molecule has 2 aromatic carbocycles. The Labute approximate surface area is 152 Å². The van der Waals surface area contributed by atoms with E-state index in [-0.39, 0.29) is 11.2 Å². The molecule has 0 atom stereocenters. The summed E-state index contributed by atoms with van der Waals surface area (Å²) >= 11 is 0. The fourth-order valence-electron chi connectivity index (χ4n) is 1.75. The summed E-state index contributed by atoms with van der Waals surface area (Å²) in [6, 6.07) is 20.9. The Morgan fingerprint density at radius 1 is 0.542 bits per heavy atom. The van der Waals surface area contributed by atoms with Gasteiger partial charge in [0, 0.05) is 11.2 Å². The predicted molar refractivity (Wildman–Crippen MR) is 111 cm³/mol. The summed E-state index contributed by atoms with van der Waals surface area (Å²) < 4.78 is 11.5. The summed E-state index contributed by atoms with van der Waals surface area (Å²) in [5.41, 5.74) is 0.0319. The van der Waals surface area contributed by atoms with Crippen LogP contribution in [0.2, 0.25) is 0 Å². The molecule has 0 saturated heterocycles. The van der Waals surface area contributed by atoms with Crippen molar-refractivity contribution in [2.45, 2.75) is 52.7 Å². The predicted octanol–water partition coefficient (Wildman–Crippen LogP) is 2.42. The van der Waals surface area contributed by atoms with Gasteiger partial charge in [0.05, 0.1) is 0 Å². The van der Waals surface area contributed by atoms with Crippen LogP contribution < -0.4 is 10.4 Å². The summed E-state index contributed by atoms with van der Waals surface area (Å²) in [5.74, 6) is 0. The molecule has 0 bridgehead atoms. The minimum absolute atomic E-state index is 0.0159. The van der Waals surface area contributed by atoms with Gasteiger partial charge in [-0.05, 0) is 51.9 Å². The fraction of sp³-hybridized carbons (Fsp3) is 0.400. The second-order valence-corrected chi connectivity index (χ2v) is 10.6. The van der Waals surface area contributed by atoms with E-state index in [9.17, 15) is 0 Å². The Kier molecular flexibility index (Phi) is 8.63. The molecular weight excluding hydrogens is 328 g/mol. The minimum atomic E-state index is -0.516. The van der Waals surface area contributed by atoms with Gasteiger partial charge in [0.25, 0.3) is 0 Å². The molecule has 0 heterocycles. The monoisotopic (exact) mass is 360 g/mol. The third-order valence-corrected chi connectivity index (χ3v) is 6.66. The summed E-state index contributed by atoms with van der Waals surface area (Å²) in [4.78, 5) is 0. The zero-order valence-corrected chi connectivity index (χ0v) is 18.8. The molecule has 0 saturated carbocycles. The van der Waals surface area contributed by atoms with Crippen LogP contribution in [-0.4, -0.2) is 30.7 Å². The first-order valence-corrected chi connectivity index (χ1v) is 11.1. The van der Waals surface area contributed by atoms with Gasteiger partial charge in [-0.1, -0.05) is 60.7 Å². The molecule has 0 radical (unpaired) electrons. The highest BCUT2D eigenvalue weighted by Crippen LogP contribution is 2.05. The van der Waals surface area contributed by atoms with Crippen LogP contribution in [0.25, 0.3) is 0 Å². The second-order valence-electron chi connectivity index (χ2n) is 7.77. The minimum Gasteiger partial charge on any atom is -0.414 e. The van der Waals surface area contributed by atoms with E-state index in [4.69, 9.17) is 8.85 Å². The van der Waals surface area contributed by atoms with E-state index in [0.717, 1.165) is 0 Å². The van der Waals surface area contributed by atoms with Crippen molar-refractivity contribution < 1.29 is 8.85 Å². The van der Waals surface area contributed by atoms with Crippen molar-refractivity contribution in [1.29, 1.82) is 0 Å². The number of rotatable bonds is 4. The normalized spacial score (nSPS) is 12.6.